The van der Waals surface area contributed by atoms with Crippen LogP contribution in [0.2, 0.25) is 0 Å². The molecule has 0 saturated heterocycles. The van der Waals surface area contributed by atoms with Crippen LogP contribution in [0, 0.1) is 13.8 Å². The molecule has 3 heteroatoms. The van der Waals surface area contributed by atoms with E-state index in [1.807, 2.05) is 11.7 Å². The van der Waals surface area contributed by atoms with Gasteiger partial charge in [-0.1, -0.05) is 23.8 Å². The summed E-state index contributed by atoms with van der Waals surface area (Å²) in [5.41, 5.74) is 11.6. The minimum absolute atomic E-state index is 0.660. The number of aryl methyl sites for hydroxylation is 2. The molecule has 0 saturated carbocycles. The first-order valence-corrected chi connectivity index (χ1v) is 5.93. The molecule has 1 aromatic heterocycles. The summed E-state index contributed by atoms with van der Waals surface area (Å²) < 4.78 is 1.94. The van der Waals surface area contributed by atoms with Crippen molar-refractivity contribution in [2.75, 3.05) is 6.54 Å². The molecule has 2 aromatic rings. The normalized spacial score (nSPS) is 10.8. The standard InChI is InChI=1S/C14H19N3/c1-10-5-4-6-12(9-10)14-11(2)13(7-8-15)17(3)16-14/h4-6,9H,7-8,15H2,1-3H3. The summed E-state index contributed by atoms with van der Waals surface area (Å²) in [6, 6.07) is 8.44. The zero-order valence-electron chi connectivity index (χ0n) is 10.7. The molecule has 2 rings (SSSR count). The Morgan fingerprint density at radius 2 is 2.06 bits per heavy atom. The minimum atomic E-state index is 0.660. The average Bonchev–Trinajstić information content (AvgIpc) is 2.57. The highest BCUT2D eigenvalue weighted by atomic mass is 15.3. The third-order valence-electron chi connectivity index (χ3n) is 3.10. The van der Waals surface area contributed by atoms with Crippen molar-refractivity contribution < 1.29 is 0 Å². The van der Waals surface area contributed by atoms with Crippen LogP contribution in [-0.4, -0.2) is 16.3 Å². The summed E-state index contributed by atoms with van der Waals surface area (Å²) in [5.74, 6) is 0. The lowest BCUT2D eigenvalue weighted by molar-refractivity contribution is 0.706. The van der Waals surface area contributed by atoms with Gasteiger partial charge in [-0.05, 0) is 32.0 Å². The largest absolute Gasteiger partial charge is 0.330 e. The van der Waals surface area contributed by atoms with Gasteiger partial charge in [-0.15, -0.1) is 0 Å². The first-order chi connectivity index (χ1) is 8.13. The van der Waals surface area contributed by atoms with Crippen LogP contribution >= 0.6 is 0 Å². The molecule has 0 unspecified atom stereocenters. The smallest absolute Gasteiger partial charge is 0.0955 e. The fraction of sp³-hybridized carbons (Fsp3) is 0.357. The van der Waals surface area contributed by atoms with E-state index >= 15 is 0 Å². The SMILES string of the molecule is Cc1cccc(-c2nn(C)c(CCN)c2C)c1. The molecule has 0 spiro atoms. The summed E-state index contributed by atoms with van der Waals surface area (Å²) in [6.45, 7) is 4.88. The van der Waals surface area contributed by atoms with E-state index in [2.05, 4.69) is 43.2 Å². The maximum absolute atomic E-state index is 5.63. The quantitative estimate of drug-likeness (QED) is 0.877. The van der Waals surface area contributed by atoms with Crippen LogP contribution in [0.4, 0.5) is 0 Å². The van der Waals surface area contributed by atoms with Gasteiger partial charge < -0.3 is 5.73 Å². The number of rotatable bonds is 3. The Hall–Kier alpha value is -1.61. The fourth-order valence-electron chi connectivity index (χ4n) is 2.22. The maximum atomic E-state index is 5.63. The van der Waals surface area contributed by atoms with Gasteiger partial charge in [0.25, 0.3) is 0 Å². The molecule has 1 aromatic carbocycles. The van der Waals surface area contributed by atoms with Crippen LogP contribution < -0.4 is 5.73 Å². The van der Waals surface area contributed by atoms with E-state index in [9.17, 15) is 0 Å². The molecule has 0 amide bonds. The first kappa shape index (κ1) is 11.9. The molecule has 0 aliphatic carbocycles. The van der Waals surface area contributed by atoms with E-state index in [0.717, 1.165) is 12.1 Å². The van der Waals surface area contributed by atoms with E-state index < -0.39 is 0 Å². The number of hydrogen-bond acceptors (Lipinski definition) is 2. The topological polar surface area (TPSA) is 43.8 Å². The number of nitrogens with zero attached hydrogens (tertiary/aromatic N) is 2. The summed E-state index contributed by atoms with van der Waals surface area (Å²) in [6.07, 6.45) is 0.876. The van der Waals surface area contributed by atoms with Crippen molar-refractivity contribution in [3.05, 3.63) is 41.1 Å². The van der Waals surface area contributed by atoms with Gasteiger partial charge >= 0.3 is 0 Å². The van der Waals surface area contributed by atoms with Crippen LogP contribution in [0.3, 0.4) is 0 Å². The second kappa shape index (κ2) is 4.72. The number of benzene rings is 1. The van der Waals surface area contributed by atoms with E-state index in [-0.39, 0.29) is 0 Å². The van der Waals surface area contributed by atoms with Crippen LogP contribution in [0.5, 0.6) is 0 Å². The highest BCUT2D eigenvalue weighted by Crippen LogP contribution is 2.25. The van der Waals surface area contributed by atoms with Crippen molar-refractivity contribution in [1.82, 2.24) is 9.78 Å². The van der Waals surface area contributed by atoms with Crippen molar-refractivity contribution >= 4 is 0 Å². The Balaban J connectivity index is 2.50. The predicted octanol–water partition coefficient (Wildman–Crippen LogP) is 2.21. The Morgan fingerprint density at radius 1 is 1.29 bits per heavy atom. The third-order valence-corrected chi connectivity index (χ3v) is 3.10. The van der Waals surface area contributed by atoms with E-state index in [1.165, 1.54) is 22.4 Å². The van der Waals surface area contributed by atoms with Gasteiger partial charge in [0.05, 0.1) is 5.69 Å². The lowest BCUT2D eigenvalue weighted by atomic mass is 10.0. The highest BCUT2D eigenvalue weighted by molar-refractivity contribution is 5.64. The summed E-state index contributed by atoms with van der Waals surface area (Å²) in [4.78, 5) is 0. The lowest BCUT2D eigenvalue weighted by Gasteiger charge is -2.01. The molecule has 2 N–H and O–H groups in total. The summed E-state index contributed by atoms with van der Waals surface area (Å²) in [7, 11) is 1.98. The molecule has 3 nitrogen and oxygen atoms in total. The number of nitrogens with two attached hydrogens (primary N) is 1. The molecular weight excluding hydrogens is 210 g/mol. The molecule has 0 radical (unpaired) electrons. The maximum Gasteiger partial charge on any atom is 0.0955 e. The van der Waals surface area contributed by atoms with Gasteiger partial charge in [-0.3, -0.25) is 4.68 Å². The predicted molar refractivity (Wildman–Crippen MR) is 70.9 cm³/mol. The van der Waals surface area contributed by atoms with Gasteiger partial charge in [-0.25, -0.2) is 0 Å². The molecule has 1 heterocycles. The Bertz CT molecular complexity index is 526. The number of hydrogen-bond donors (Lipinski definition) is 1. The minimum Gasteiger partial charge on any atom is -0.330 e. The van der Waals surface area contributed by atoms with E-state index in [1.54, 1.807) is 0 Å². The van der Waals surface area contributed by atoms with Crippen LogP contribution in [-0.2, 0) is 13.5 Å². The lowest BCUT2D eigenvalue weighted by Crippen LogP contribution is -2.08. The van der Waals surface area contributed by atoms with Crippen LogP contribution in [0.15, 0.2) is 24.3 Å². The summed E-state index contributed by atoms with van der Waals surface area (Å²) >= 11 is 0. The van der Waals surface area contributed by atoms with Crippen molar-refractivity contribution in [1.29, 1.82) is 0 Å². The fourth-order valence-corrected chi connectivity index (χ4v) is 2.22. The molecule has 0 aliphatic rings. The molecule has 0 fully saturated rings. The van der Waals surface area contributed by atoms with Gasteiger partial charge in [-0.2, -0.15) is 5.10 Å². The molecule has 0 aliphatic heterocycles. The molecule has 90 valence electrons. The van der Waals surface area contributed by atoms with Gasteiger partial charge in [0.1, 0.15) is 0 Å². The second-order valence-corrected chi connectivity index (χ2v) is 4.45. The van der Waals surface area contributed by atoms with Crippen molar-refractivity contribution in [2.45, 2.75) is 20.3 Å². The van der Waals surface area contributed by atoms with Crippen LogP contribution in [0.25, 0.3) is 11.3 Å². The van der Waals surface area contributed by atoms with Gasteiger partial charge in [0, 0.05) is 24.7 Å². The van der Waals surface area contributed by atoms with Gasteiger partial charge in [0.15, 0.2) is 0 Å². The first-order valence-electron chi connectivity index (χ1n) is 5.93. The Morgan fingerprint density at radius 3 is 2.71 bits per heavy atom. The molecular formula is C14H19N3. The zero-order chi connectivity index (χ0) is 12.4. The average molecular weight is 229 g/mol. The highest BCUT2D eigenvalue weighted by Gasteiger charge is 2.12. The van der Waals surface area contributed by atoms with Crippen molar-refractivity contribution in [3.8, 4) is 11.3 Å². The monoisotopic (exact) mass is 229 g/mol. The second-order valence-electron chi connectivity index (χ2n) is 4.45. The van der Waals surface area contributed by atoms with Crippen molar-refractivity contribution in [2.24, 2.45) is 12.8 Å². The van der Waals surface area contributed by atoms with Crippen LogP contribution in [0.1, 0.15) is 16.8 Å². The molecule has 0 bridgehead atoms. The molecule has 17 heavy (non-hydrogen) atoms. The zero-order valence-corrected chi connectivity index (χ0v) is 10.7. The molecule has 0 atom stereocenters. The van der Waals surface area contributed by atoms with E-state index in [4.69, 9.17) is 5.73 Å². The van der Waals surface area contributed by atoms with E-state index in [0.29, 0.717) is 6.54 Å². The Labute approximate surface area is 102 Å². The number of aromatic nitrogens is 2. The van der Waals surface area contributed by atoms with Crippen molar-refractivity contribution in [3.63, 3.8) is 0 Å². The Kier molecular flexibility index (Phi) is 3.29. The third kappa shape index (κ3) is 2.24. The summed E-state index contributed by atoms with van der Waals surface area (Å²) in [5, 5.41) is 4.60. The van der Waals surface area contributed by atoms with Gasteiger partial charge in [0.2, 0.25) is 0 Å².